The maximum Gasteiger partial charge on any atom is 0.326 e. The van der Waals surface area contributed by atoms with Crippen molar-refractivity contribution in [3.63, 3.8) is 0 Å². The third kappa shape index (κ3) is 7.98. The molecule has 0 aromatic heterocycles. The molecule has 5 N–H and O–H groups in total. The second-order valence-electron chi connectivity index (χ2n) is 5.01. The van der Waals surface area contributed by atoms with Crippen molar-refractivity contribution in [1.29, 1.82) is 0 Å². The Morgan fingerprint density at radius 3 is 2.26 bits per heavy atom. The van der Waals surface area contributed by atoms with Crippen LogP contribution in [0, 0.1) is 0 Å². The zero-order valence-corrected chi connectivity index (χ0v) is 11.3. The van der Waals surface area contributed by atoms with Gasteiger partial charge in [0.25, 0.3) is 0 Å². The highest BCUT2D eigenvalue weighted by Gasteiger charge is 2.24. The number of nitrogens with two attached hydrogens (primary N) is 1. The number of nitrogens with one attached hydrogen (secondary N) is 1. The zero-order chi connectivity index (χ0) is 15.2. The van der Waals surface area contributed by atoms with Crippen molar-refractivity contribution in [3.8, 4) is 0 Å². The van der Waals surface area contributed by atoms with Gasteiger partial charge in [-0.3, -0.25) is 4.79 Å². The van der Waals surface area contributed by atoms with E-state index >= 15 is 0 Å². The van der Waals surface area contributed by atoms with Gasteiger partial charge in [0, 0.05) is 13.5 Å². The number of carbonyl (C=O) groups is 3. The fourth-order valence-corrected chi connectivity index (χ4v) is 1.46. The number of carboxylic acid groups (broad SMARTS) is 1. The van der Waals surface area contributed by atoms with Crippen molar-refractivity contribution >= 4 is 17.9 Å². The van der Waals surface area contributed by atoms with Crippen molar-refractivity contribution in [2.75, 3.05) is 13.6 Å². The SMILES string of the molecule is CN(CC(C)(C)O)C(=O)N[C@@H](CCC(N)=O)C(=O)O. The molecule has 0 radical (unpaired) electrons. The minimum absolute atomic E-state index is 0.0427. The van der Waals surface area contributed by atoms with Crippen molar-refractivity contribution in [1.82, 2.24) is 10.2 Å². The summed E-state index contributed by atoms with van der Waals surface area (Å²) >= 11 is 0. The average molecular weight is 275 g/mol. The molecule has 1 atom stereocenters. The van der Waals surface area contributed by atoms with E-state index in [1.165, 1.54) is 25.8 Å². The van der Waals surface area contributed by atoms with Gasteiger partial charge in [0.1, 0.15) is 6.04 Å². The molecule has 0 spiro atoms. The first-order valence-electron chi connectivity index (χ1n) is 5.78. The number of aliphatic hydroxyl groups is 1. The molecule has 0 aliphatic carbocycles. The highest BCUT2D eigenvalue weighted by Crippen LogP contribution is 2.04. The Labute approximate surface area is 111 Å². The first-order valence-corrected chi connectivity index (χ1v) is 5.78. The van der Waals surface area contributed by atoms with Crippen LogP contribution in [0.25, 0.3) is 0 Å². The molecule has 0 saturated heterocycles. The number of likely N-dealkylation sites (N-methyl/N-ethyl adjacent to an activating group) is 1. The van der Waals surface area contributed by atoms with Crippen LogP contribution in [0.15, 0.2) is 0 Å². The Morgan fingerprint density at radius 2 is 1.89 bits per heavy atom. The number of carboxylic acids is 1. The normalized spacial score (nSPS) is 12.6. The quantitative estimate of drug-likeness (QED) is 0.478. The number of hydrogen-bond acceptors (Lipinski definition) is 4. The molecule has 0 bridgehead atoms. The first-order chi connectivity index (χ1) is 8.53. The van der Waals surface area contributed by atoms with Gasteiger partial charge < -0.3 is 26.2 Å². The third-order valence-corrected chi connectivity index (χ3v) is 2.25. The molecule has 3 amide bonds. The molecular weight excluding hydrogens is 254 g/mol. The predicted octanol–water partition coefficient (Wildman–Crippen LogP) is -0.883. The summed E-state index contributed by atoms with van der Waals surface area (Å²) in [5, 5.41) is 20.7. The van der Waals surface area contributed by atoms with E-state index in [4.69, 9.17) is 10.8 Å². The molecule has 8 nitrogen and oxygen atoms in total. The van der Waals surface area contributed by atoms with Crippen LogP contribution in [-0.4, -0.2) is 58.3 Å². The fourth-order valence-electron chi connectivity index (χ4n) is 1.46. The molecule has 0 aliphatic heterocycles. The lowest BCUT2D eigenvalue weighted by atomic mass is 10.1. The Bertz CT molecular complexity index is 351. The van der Waals surface area contributed by atoms with Gasteiger partial charge in [-0.25, -0.2) is 9.59 Å². The Hall–Kier alpha value is -1.83. The monoisotopic (exact) mass is 275 g/mol. The molecule has 8 heteroatoms. The lowest BCUT2D eigenvalue weighted by molar-refractivity contribution is -0.139. The maximum atomic E-state index is 11.7. The first kappa shape index (κ1) is 17.2. The molecule has 0 saturated carbocycles. The predicted molar refractivity (Wildman–Crippen MR) is 67.3 cm³/mol. The van der Waals surface area contributed by atoms with E-state index in [2.05, 4.69) is 5.32 Å². The van der Waals surface area contributed by atoms with E-state index in [0.717, 1.165) is 0 Å². The Morgan fingerprint density at radius 1 is 1.37 bits per heavy atom. The van der Waals surface area contributed by atoms with Gasteiger partial charge >= 0.3 is 12.0 Å². The summed E-state index contributed by atoms with van der Waals surface area (Å²) in [6.07, 6.45) is -0.209. The highest BCUT2D eigenvalue weighted by molar-refractivity contribution is 5.83. The summed E-state index contributed by atoms with van der Waals surface area (Å²) < 4.78 is 0. The largest absolute Gasteiger partial charge is 0.480 e. The maximum absolute atomic E-state index is 11.7. The summed E-state index contributed by atoms with van der Waals surface area (Å²) in [5.74, 6) is -1.88. The standard InChI is InChI=1S/C11H21N3O5/c1-11(2,19)6-14(3)10(18)13-7(9(16)17)4-5-8(12)15/h7,19H,4-6H2,1-3H3,(H2,12,15)(H,13,18)(H,16,17)/t7-/m0/s1. The van der Waals surface area contributed by atoms with Crippen LogP contribution >= 0.6 is 0 Å². The van der Waals surface area contributed by atoms with Gasteiger partial charge in [0.05, 0.1) is 12.1 Å². The van der Waals surface area contributed by atoms with E-state index in [9.17, 15) is 19.5 Å². The van der Waals surface area contributed by atoms with Gasteiger partial charge in [0.2, 0.25) is 5.91 Å². The molecule has 0 aliphatic rings. The fraction of sp³-hybridized carbons (Fsp3) is 0.727. The molecule has 0 aromatic carbocycles. The Balaban J connectivity index is 4.46. The van der Waals surface area contributed by atoms with E-state index in [-0.39, 0.29) is 19.4 Å². The van der Waals surface area contributed by atoms with Crippen LogP contribution in [0.4, 0.5) is 4.79 Å². The number of nitrogens with zero attached hydrogens (tertiary/aromatic N) is 1. The molecule has 0 rings (SSSR count). The van der Waals surface area contributed by atoms with Gasteiger partial charge in [0.15, 0.2) is 0 Å². The van der Waals surface area contributed by atoms with Crippen molar-refractivity contribution in [2.24, 2.45) is 5.73 Å². The molecule has 0 aromatic rings. The van der Waals surface area contributed by atoms with Crippen LogP contribution < -0.4 is 11.1 Å². The van der Waals surface area contributed by atoms with Crippen molar-refractivity contribution < 1.29 is 24.6 Å². The number of aliphatic carboxylic acids is 1. The molecule has 0 heterocycles. The van der Waals surface area contributed by atoms with Crippen LogP contribution in [0.1, 0.15) is 26.7 Å². The lowest BCUT2D eigenvalue weighted by Gasteiger charge is -2.27. The van der Waals surface area contributed by atoms with Crippen LogP contribution in [0.5, 0.6) is 0 Å². The summed E-state index contributed by atoms with van der Waals surface area (Å²) in [5.41, 5.74) is 3.84. The summed E-state index contributed by atoms with van der Waals surface area (Å²) in [4.78, 5) is 34.4. The highest BCUT2D eigenvalue weighted by atomic mass is 16.4. The minimum atomic E-state index is -1.24. The van der Waals surface area contributed by atoms with Crippen LogP contribution in [0.2, 0.25) is 0 Å². The minimum Gasteiger partial charge on any atom is -0.480 e. The molecule has 110 valence electrons. The van der Waals surface area contributed by atoms with E-state index in [1.807, 2.05) is 0 Å². The van der Waals surface area contributed by atoms with E-state index in [0.29, 0.717) is 0 Å². The summed E-state index contributed by atoms with van der Waals surface area (Å²) in [7, 11) is 1.43. The van der Waals surface area contributed by atoms with E-state index < -0.39 is 29.6 Å². The molecule has 0 unspecified atom stereocenters. The topological polar surface area (TPSA) is 133 Å². The number of hydrogen-bond donors (Lipinski definition) is 4. The zero-order valence-electron chi connectivity index (χ0n) is 11.3. The molecular formula is C11H21N3O5. The molecule has 0 fully saturated rings. The van der Waals surface area contributed by atoms with E-state index in [1.54, 1.807) is 0 Å². The second kappa shape index (κ2) is 6.93. The number of carbonyl (C=O) groups excluding carboxylic acids is 2. The summed E-state index contributed by atoms with van der Waals surface area (Å²) in [6.45, 7) is 3.10. The van der Waals surface area contributed by atoms with Gasteiger partial charge in [-0.1, -0.05) is 0 Å². The average Bonchev–Trinajstić information content (AvgIpc) is 2.20. The number of primary amides is 1. The lowest BCUT2D eigenvalue weighted by Crippen LogP contribution is -2.50. The van der Waals surface area contributed by atoms with Gasteiger partial charge in [-0.05, 0) is 20.3 Å². The van der Waals surface area contributed by atoms with Crippen LogP contribution in [0.3, 0.4) is 0 Å². The smallest absolute Gasteiger partial charge is 0.326 e. The van der Waals surface area contributed by atoms with Crippen LogP contribution in [-0.2, 0) is 9.59 Å². The van der Waals surface area contributed by atoms with Gasteiger partial charge in [-0.2, -0.15) is 0 Å². The Kier molecular flexibility index (Phi) is 6.26. The van der Waals surface area contributed by atoms with Gasteiger partial charge in [-0.15, -0.1) is 0 Å². The molecule has 19 heavy (non-hydrogen) atoms. The number of urea groups is 1. The summed E-state index contributed by atoms with van der Waals surface area (Å²) in [6, 6.07) is -1.83. The number of rotatable bonds is 7. The second-order valence-corrected chi connectivity index (χ2v) is 5.01. The third-order valence-electron chi connectivity index (χ3n) is 2.25. The number of amides is 3. The van der Waals surface area contributed by atoms with Crippen molar-refractivity contribution in [3.05, 3.63) is 0 Å². The van der Waals surface area contributed by atoms with Crippen molar-refractivity contribution in [2.45, 2.75) is 38.3 Å².